The van der Waals surface area contributed by atoms with Crippen molar-refractivity contribution < 1.29 is 23.9 Å². The van der Waals surface area contributed by atoms with Gasteiger partial charge in [0.15, 0.2) is 16.6 Å². The average Bonchev–Trinajstić information content (AvgIpc) is 3.41. The van der Waals surface area contributed by atoms with Crippen LogP contribution in [0.2, 0.25) is 0 Å². The van der Waals surface area contributed by atoms with Crippen LogP contribution in [0.1, 0.15) is 20.8 Å². The normalized spacial score (nSPS) is 10.3. The molecule has 0 bridgehead atoms. The molecule has 30 heavy (non-hydrogen) atoms. The van der Waals surface area contributed by atoms with E-state index in [4.69, 9.17) is 15.2 Å². The maximum absolute atomic E-state index is 12.3. The summed E-state index contributed by atoms with van der Waals surface area (Å²) in [6, 6.07) is 6.28. The fourth-order valence-electron chi connectivity index (χ4n) is 2.55. The molecule has 0 saturated heterocycles. The van der Waals surface area contributed by atoms with Crippen molar-refractivity contribution in [3.63, 3.8) is 0 Å². The molecule has 1 aromatic carbocycles. The molecule has 0 atom stereocenters. The Bertz CT molecular complexity index is 1090. The van der Waals surface area contributed by atoms with E-state index in [1.54, 1.807) is 29.8 Å². The number of hydrogen-bond donors (Lipinski definition) is 4. The highest BCUT2D eigenvalue weighted by molar-refractivity contribution is 7.14. The molecule has 156 valence electrons. The van der Waals surface area contributed by atoms with E-state index < -0.39 is 17.7 Å². The molecule has 5 N–H and O–H groups in total. The number of ether oxygens (including phenoxy) is 2. The number of anilines is 1. The first-order valence-corrected chi connectivity index (χ1v) is 9.53. The summed E-state index contributed by atoms with van der Waals surface area (Å²) in [5.41, 5.74) is 7.05. The number of nitrogens with zero attached hydrogens (tertiary/aromatic N) is 1. The van der Waals surface area contributed by atoms with E-state index in [0.717, 1.165) is 0 Å². The van der Waals surface area contributed by atoms with Gasteiger partial charge in [0.25, 0.3) is 11.8 Å². The van der Waals surface area contributed by atoms with Crippen molar-refractivity contribution in [1.82, 2.24) is 15.3 Å². The van der Waals surface area contributed by atoms with Crippen LogP contribution in [0.15, 0.2) is 35.8 Å². The van der Waals surface area contributed by atoms with Crippen molar-refractivity contribution >= 4 is 34.2 Å². The molecule has 2 aromatic heterocycles. The zero-order valence-electron chi connectivity index (χ0n) is 16.1. The SMILES string of the molecule is COc1ccc(C(=O)NCC(=O)Nc2nc(-c3c[nH]c(C(N)=O)c3)cs2)cc1OC. The molecule has 3 amide bonds. The van der Waals surface area contributed by atoms with Crippen LogP contribution in [0.4, 0.5) is 5.13 Å². The number of carbonyl (C=O) groups is 3. The first-order chi connectivity index (χ1) is 14.4. The minimum absolute atomic E-state index is 0.238. The van der Waals surface area contributed by atoms with Gasteiger partial charge >= 0.3 is 0 Å². The van der Waals surface area contributed by atoms with Crippen molar-refractivity contribution in [2.24, 2.45) is 5.73 Å². The van der Waals surface area contributed by atoms with Gasteiger partial charge in [0.1, 0.15) is 5.69 Å². The number of aromatic nitrogens is 2. The van der Waals surface area contributed by atoms with E-state index in [1.807, 2.05) is 0 Å². The Hall–Kier alpha value is -3.86. The lowest BCUT2D eigenvalue weighted by Gasteiger charge is -2.10. The number of nitrogens with one attached hydrogen (secondary N) is 3. The van der Waals surface area contributed by atoms with Crippen molar-refractivity contribution in [2.45, 2.75) is 0 Å². The molecule has 11 heteroatoms. The predicted octanol–water partition coefficient (Wildman–Crippen LogP) is 1.62. The van der Waals surface area contributed by atoms with Gasteiger partial charge in [-0.25, -0.2) is 4.98 Å². The highest BCUT2D eigenvalue weighted by Crippen LogP contribution is 2.27. The van der Waals surface area contributed by atoms with Crippen molar-refractivity contribution in [3.8, 4) is 22.8 Å². The van der Waals surface area contributed by atoms with E-state index >= 15 is 0 Å². The summed E-state index contributed by atoms with van der Waals surface area (Å²) >= 11 is 1.21. The average molecular weight is 429 g/mol. The summed E-state index contributed by atoms with van der Waals surface area (Å²) < 4.78 is 10.3. The van der Waals surface area contributed by atoms with Crippen LogP contribution in [-0.4, -0.2) is 48.5 Å². The number of aromatic amines is 1. The second kappa shape index (κ2) is 9.09. The lowest BCUT2D eigenvalue weighted by molar-refractivity contribution is -0.115. The maximum Gasteiger partial charge on any atom is 0.265 e. The summed E-state index contributed by atoms with van der Waals surface area (Å²) in [5, 5.41) is 7.24. The summed E-state index contributed by atoms with van der Waals surface area (Å²) in [4.78, 5) is 42.6. The fraction of sp³-hybridized carbons (Fsp3) is 0.158. The first kappa shape index (κ1) is 20.9. The summed E-state index contributed by atoms with van der Waals surface area (Å²) in [6.07, 6.45) is 1.60. The molecular weight excluding hydrogens is 410 g/mol. The molecule has 0 aliphatic heterocycles. The second-order valence-corrected chi connectivity index (χ2v) is 6.86. The van der Waals surface area contributed by atoms with Crippen LogP contribution < -0.4 is 25.8 Å². The summed E-state index contributed by atoms with van der Waals surface area (Å²) in [6.45, 7) is -0.238. The predicted molar refractivity (Wildman–Crippen MR) is 111 cm³/mol. The molecule has 3 rings (SSSR count). The van der Waals surface area contributed by atoms with E-state index in [9.17, 15) is 14.4 Å². The molecule has 3 aromatic rings. The number of amides is 3. The van der Waals surface area contributed by atoms with Crippen LogP contribution in [0.3, 0.4) is 0 Å². The zero-order chi connectivity index (χ0) is 21.7. The van der Waals surface area contributed by atoms with Gasteiger partial charge in [-0.3, -0.25) is 14.4 Å². The van der Waals surface area contributed by atoms with Crippen LogP contribution in [0.5, 0.6) is 11.5 Å². The topological polar surface area (TPSA) is 148 Å². The van der Waals surface area contributed by atoms with Crippen LogP contribution in [-0.2, 0) is 4.79 Å². The molecule has 0 aliphatic rings. The quantitative estimate of drug-likeness (QED) is 0.428. The highest BCUT2D eigenvalue weighted by Gasteiger charge is 2.14. The van der Waals surface area contributed by atoms with Crippen molar-refractivity contribution in [1.29, 1.82) is 0 Å². The van der Waals surface area contributed by atoms with Gasteiger partial charge in [-0.1, -0.05) is 0 Å². The monoisotopic (exact) mass is 429 g/mol. The Morgan fingerprint density at radius 2 is 1.93 bits per heavy atom. The van der Waals surface area contributed by atoms with Gasteiger partial charge in [-0.15, -0.1) is 11.3 Å². The molecule has 2 heterocycles. The van der Waals surface area contributed by atoms with Gasteiger partial charge in [-0.2, -0.15) is 0 Å². The van der Waals surface area contributed by atoms with Gasteiger partial charge in [0.2, 0.25) is 5.91 Å². The molecule has 0 fully saturated rings. The van der Waals surface area contributed by atoms with Gasteiger partial charge in [-0.05, 0) is 24.3 Å². The third kappa shape index (κ3) is 4.75. The number of H-pyrrole nitrogens is 1. The molecule has 0 unspecified atom stereocenters. The molecular formula is C19H19N5O5S. The fourth-order valence-corrected chi connectivity index (χ4v) is 3.29. The van der Waals surface area contributed by atoms with E-state index in [2.05, 4.69) is 20.6 Å². The zero-order valence-corrected chi connectivity index (χ0v) is 17.0. The largest absolute Gasteiger partial charge is 0.493 e. The van der Waals surface area contributed by atoms with Crippen molar-refractivity contribution in [3.05, 3.63) is 47.1 Å². The van der Waals surface area contributed by atoms with Crippen LogP contribution in [0.25, 0.3) is 11.3 Å². The summed E-state index contributed by atoms with van der Waals surface area (Å²) in [5.74, 6) is -0.532. The van der Waals surface area contributed by atoms with E-state index in [0.29, 0.717) is 33.5 Å². The van der Waals surface area contributed by atoms with E-state index in [-0.39, 0.29) is 12.2 Å². The number of methoxy groups -OCH3 is 2. The minimum Gasteiger partial charge on any atom is -0.493 e. The molecule has 0 spiro atoms. The van der Waals surface area contributed by atoms with Gasteiger partial charge in [0.05, 0.1) is 26.5 Å². The third-order valence-corrected chi connectivity index (χ3v) is 4.81. The second-order valence-electron chi connectivity index (χ2n) is 6.00. The Labute approximate surface area is 175 Å². The maximum atomic E-state index is 12.3. The minimum atomic E-state index is -0.574. The number of rotatable bonds is 8. The third-order valence-electron chi connectivity index (χ3n) is 4.05. The van der Waals surface area contributed by atoms with E-state index in [1.165, 1.54) is 31.6 Å². The summed E-state index contributed by atoms with van der Waals surface area (Å²) in [7, 11) is 2.97. The number of primary amides is 1. The Balaban J connectivity index is 1.56. The Kier molecular flexibility index (Phi) is 6.32. The number of nitrogens with two attached hydrogens (primary N) is 1. The number of benzene rings is 1. The number of hydrogen-bond acceptors (Lipinski definition) is 7. The van der Waals surface area contributed by atoms with Crippen LogP contribution in [0, 0.1) is 0 Å². The standard InChI is InChI=1S/C19H19N5O5S/c1-28-14-4-3-10(6-15(14)29-2)18(27)22-8-16(25)24-19-23-13(9-30-19)11-5-12(17(20)26)21-7-11/h3-7,9,21H,8H2,1-2H3,(H2,20,26)(H,22,27)(H,23,24,25). The Morgan fingerprint density at radius 1 is 1.17 bits per heavy atom. The smallest absolute Gasteiger partial charge is 0.265 e. The highest BCUT2D eigenvalue weighted by atomic mass is 32.1. The molecule has 0 aliphatic carbocycles. The Morgan fingerprint density at radius 3 is 2.60 bits per heavy atom. The lowest BCUT2D eigenvalue weighted by atomic mass is 10.2. The number of thiazole rings is 1. The van der Waals surface area contributed by atoms with Gasteiger partial charge in [0, 0.05) is 22.7 Å². The van der Waals surface area contributed by atoms with Crippen LogP contribution >= 0.6 is 11.3 Å². The first-order valence-electron chi connectivity index (χ1n) is 8.65. The van der Waals surface area contributed by atoms with Crippen molar-refractivity contribution in [2.75, 3.05) is 26.1 Å². The molecule has 0 saturated carbocycles. The number of carbonyl (C=O) groups excluding carboxylic acids is 3. The molecule has 0 radical (unpaired) electrons. The molecule has 10 nitrogen and oxygen atoms in total. The van der Waals surface area contributed by atoms with Gasteiger partial charge < -0.3 is 30.8 Å². The lowest BCUT2D eigenvalue weighted by Crippen LogP contribution is -2.32.